The number of aliphatic imine (C=N–C) groups is 1. The third-order valence-electron chi connectivity index (χ3n) is 5.80. The number of carbonyl (C=O) groups excluding carboxylic acids is 4. The van der Waals surface area contributed by atoms with E-state index in [9.17, 15) is 27.6 Å². The number of carbonyl (C=O) groups is 4. The summed E-state index contributed by atoms with van der Waals surface area (Å²) in [7, 11) is -4.72. The summed E-state index contributed by atoms with van der Waals surface area (Å²) >= 11 is 24.1. The maximum absolute atomic E-state index is 13.3. The Morgan fingerprint density at radius 3 is 1.82 bits per heavy atom. The molecule has 0 spiro atoms. The van der Waals surface area contributed by atoms with Crippen LogP contribution in [0.5, 0.6) is 0 Å². The van der Waals surface area contributed by atoms with Gasteiger partial charge in [-0.2, -0.15) is 4.31 Å². The van der Waals surface area contributed by atoms with E-state index in [1.165, 1.54) is 19.1 Å². The lowest BCUT2D eigenvalue weighted by Crippen LogP contribution is -2.36. The third kappa shape index (κ3) is 3.75. The number of fused-ring (bicyclic) bond motifs is 2. The van der Waals surface area contributed by atoms with Crippen LogP contribution in [0.3, 0.4) is 0 Å². The number of amides is 4. The predicted octanol–water partition coefficient (Wildman–Crippen LogP) is 5.30. The Morgan fingerprint density at radius 1 is 0.763 bits per heavy atom. The van der Waals surface area contributed by atoms with E-state index in [1.54, 1.807) is 24.3 Å². The summed E-state index contributed by atoms with van der Waals surface area (Å²) in [6.45, 7) is 1.25. The normalized spacial score (nSPS) is 15.9. The molecule has 3 aromatic carbocycles. The first-order valence-corrected chi connectivity index (χ1v) is 13.5. The quantitative estimate of drug-likeness (QED) is 0.225. The lowest BCUT2D eigenvalue weighted by atomic mass is 10.1. The number of halogens is 4. The van der Waals surface area contributed by atoms with Crippen LogP contribution in [0.2, 0.25) is 20.1 Å². The number of imide groups is 2. The molecule has 14 heteroatoms. The highest BCUT2D eigenvalue weighted by Crippen LogP contribution is 2.46. The maximum atomic E-state index is 13.3. The van der Waals surface area contributed by atoms with Crippen molar-refractivity contribution in [1.82, 2.24) is 4.31 Å². The van der Waals surface area contributed by atoms with Gasteiger partial charge in [0.1, 0.15) is 5.71 Å². The van der Waals surface area contributed by atoms with Crippen LogP contribution in [0.15, 0.2) is 58.4 Å². The van der Waals surface area contributed by atoms with Crippen LogP contribution in [-0.2, 0) is 19.6 Å². The number of hydrogen-bond donors (Lipinski definition) is 0. The average Bonchev–Trinajstić information content (AvgIpc) is 3.31. The number of anilines is 1. The molecule has 2 aliphatic rings. The van der Waals surface area contributed by atoms with Crippen LogP contribution in [0.25, 0.3) is 0 Å². The molecular weight excluding hydrogens is 600 g/mol. The van der Waals surface area contributed by atoms with E-state index in [0.717, 1.165) is 17.0 Å². The molecule has 0 atom stereocenters. The van der Waals surface area contributed by atoms with Crippen molar-refractivity contribution in [1.29, 1.82) is 0 Å². The molecule has 5 rings (SSSR count). The largest absolute Gasteiger partial charge is 0.284 e. The lowest BCUT2D eigenvalue weighted by molar-refractivity contribution is -0.121. The topological polar surface area (TPSA) is 121 Å². The summed E-state index contributed by atoms with van der Waals surface area (Å²) in [6.07, 6.45) is 0. The first kappa shape index (κ1) is 26.3. The Bertz CT molecular complexity index is 1720. The lowest BCUT2D eigenvalue weighted by Gasteiger charge is -2.14. The van der Waals surface area contributed by atoms with E-state index in [4.69, 9.17) is 46.4 Å². The molecular formula is C24H11Cl4N3O6S. The Balaban J connectivity index is 1.52. The highest BCUT2D eigenvalue weighted by Gasteiger charge is 2.48. The second kappa shape index (κ2) is 9.18. The smallest absolute Gasteiger partial charge is 0.274 e. The molecule has 0 fully saturated rings. The fourth-order valence-electron chi connectivity index (χ4n) is 4.09. The van der Waals surface area contributed by atoms with Gasteiger partial charge in [-0.05, 0) is 30.3 Å². The monoisotopic (exact) mass is 609 g/mol. The molecule has 2 heterocycles. The first-order chi connectivity index (χ1) is 17.9. The summed E-state index contributed by atoms with van der Waals surface area (Å²) in [6, 6.07) is 11.4. The number of para-hydroxylation sites is 1. The molecule has 0 aromatic heterocycles. The van der Waals surface area contributed by atoms with E-state index in [0.29, 0.717) is 11.3 Å². The van der Waals surface area contributed by atoms with Crippen LogP contribution in [0.1, 0.15) is 33.2 Å². The van der Waals surface area contributed by atoms with E-state index >= 15 is 0 Å². The fraction of sp³-hybridized carbons (Fsp3) is 0.0417. The minimum absolute atomic E-state index is 0.00945. The summed E-state index contributed by atoms with van der Waals surface area (Å²) in [5.74, 6) is -3.60. The molecule has 38 heavy (non-hydrogen) atoms. The molecule has 2 aliphatic heterocycles. The summed E-state index contributed by atoms with van der Waals surface area (Å²) in [4.78, 5) is 55.7. The zero-order valence-corrected chi connectivity index (χ0v) is 22.7. The number of benzene rings is 3. The van der Waals surface area contributed by atoms with E-state index < -0.39 is 59.7 Å². The molecule has 0 N–H and O–H groups in total. The molecule has 9 nitrogen and oxygen atoms in total. The van der Waals surface area contributed by atoms with Gasteiger partial charge in [-0.1, -0.05) is 64.6 Å². The van der Waals surface area contributed by atoms with Gasteiger partial charge in [-0.15, -0.1) is 0 Å². The minimum atomic E-state index is -4.72. The average molecular weight is 611 g/mol. The van der Waals surface area contributed by atoms with Crippen molar-refractivity contribution in [3.63, 3.8) is 0 Å². The molecule has 0 unspecified atom stereocenters. The second-order valence-electron chi connectivity index (χ2n) is 8.02. The Hall–Kier alpha value is -3.28. The van der Waals surface area contributed by atoms with Gasteiger partial charge in [0.2, 0.25) is 5.91 Å². The molecule has 0 bridgehead atoms. The summed E-state index contributed by atoms with van der Waals surface area (Å²) in [5, 5.41) is -1.40. The van der Waals surface area contributed by atoms with Crippen LogP contribution in [0.4, 0.5) is 11.4 Å². The second-order valence-corrected chi connectivity index (χ2v) is 11.3. The Morgan fingerprint density at radius 2 is 1.29 bits per heavy atom. The number of nitrogens with zero attached hydrogens (tertiary/aromatic N) is 3. The van der Waals surface area contributed by atoms with Gasteiger partial charge >= 0.3 is 0 Å². The fourth-order valence-corrected chi connectivity index (χ4v) is 6.42. The first-order valence-electron chi connectivity index (χ1n) is 10.5. The Kier molecular flexibility index (Phi) is 6.36. The summed E-state index contributed by atoms with van der Waals surface area (Å²) in [5.41, 5.74) is 0.0316. The highest BCUT2D eigenvalue weighted by atomic mass is 35.5. The molecule has 0 radical (unpaired) electrons. The SMILES string of the molecule is CC(=O)N1C(=O)C(=Nc2ccc(S(=O)(=O)N3C(=O)c4c(Cl)c(Cl)c(Cl)c(Cl)c4C3=O)cc2)c2ccccc21. The van der Waals surface area contributed by atoms with E-state index in [-0.39, 0.29) is 25.7 Å². The summed E-state index contributed by atoms with van der Waals surface area (Å²) < 4.78 is 26.6. The van der Waals surface area contributed by atoms with Crippen molar-refractivity contribution in [3.8, 4) is 0 Å². The van der Waals surface area contributed by atoms with Gasteiger partial charge in [-0.3, -0.25) is 19.2 Å². The van der Waals surface area contributed by atoms with Gasteiger partial charge in [0.15, 0.2) is 0 Å². The predicted molar refractivity (Wildman–Crippen MR) is 141 cm³/mol. The van der Waals surface area contributed by atoms with Crippen molar-refractivity contribution in [2.75, 3.05) is 4.90 Å². The maximum Gasteiger partial charge on any atom is 0.284 e. The number of hydrogen-bond acceptors (Lipinski definition) is 7. The minimum Gasteiger partial charge on any atom is -0.274 e. The van der Waals surface area contributed by atoms with Crippen LogP contribution in [-0.4, -0.2) is 42.1 Å². The third-order valence-corrected chi connectivity index (χ3v) is 9.28. The highest BCUT2D eigenvalue weighted by molar-refractivity contribution is 7.90. The van der Waals surface area contributed by atoms with Crippen molar-refractivity contribution in [2.45, 2.75) is 11.8 Å². The van der Waals surface area contributed by atoms with Gasteiger partial charge < -0.3 is 0 Å². The van der Waals surface area contributed by atoms with E-state index in [1.807, 2.05) is 0 Å². The van der Waals surface area contributed by atoms with Crippen molar-refractivity contribution < 1.29 is 27.6 Å². The van der Waals surface area contributed by atoms with Crippen LogP contribution >= 0.6 is 46.4 Å². The molecule has 0 aliphatic carbocycles. The molecule has 0 saturated heterocycles. The zero-order chi connectivity index (χ0) is 27.7. The number of rotatable bonds is 3. The van der Waals surface area contributed by atoms with E-state index in [2.05, 4.69) is 4.99 Å². The van der Waals surface area contributed by atoms with Crippen LogP contribution in [0, 0.1) is 0 Å². The molecule has 3 aromatic rings. The van der Waals surface area contributed by atoms with Gasteiger partial charge in [0, 0.05) is 12.5 Å². The molecule has 4 amide bonds. The van der Waals surface area contributed by atoms with Crippen molar-refractivity contribution >= 4 is 97.1 Å². The zero-order valence-electron chi connectivity index (χ0n) is 18.8. The van der Waals surface area contributed by atoms with Crippen molar-refractivity contribution in [2.24, 2.45) is 4.99 Å². The Labute approximate surface area is 235 Å². The molecule has 192 valence electrons. The van der Waals surface area contributed by atoms with Gasteiger partial charge in [0.25, 0.3) is 27.7 Å². The molecule has 0 saturated carbocycles. The van der Waals surface area contributed by atoms with Gasteiger partial charge in [-0.25, -0.2) is 18.3 Å². The van der Waals surface area contributed by atoms with Crippen LogP contribution < -0.4 is 4.90 Å². The standard InChI is InChI=1S/C24H11Cl4N3O6S/c1-10(32)30-14-5-3-2-4-13(14)21(24(30)35)29-11-6-8-12(9-7-11)38(36,37)31-22(33)15-16(23(31)34)18(26)20(28)19(27)17(15)25/h2-9H,1H3. The number of sulfonamides is 1. The van der Waals surface area contributed by atoms with Gasteiger partial charge in [0.05, 0.1) is 47.5 Å². The van der Waals surface area contributed by atoms with Crippen molar-refractivity contribution in [3.05, 3.63) is 85.3 Å².